The van der Waals surface area contributed by atoms with Crippen LogP contribution in [0, 0.1) is 11.3 Å². The standard InChI is InChI=1S/C21H37NO4/c1-17(18(2)23)13-12-15-22(6)20(25)26-16-11-9-7-8-10-14-21(4,5)19(3)24/h9,11,17H,7-8,10,12-16H2,1-6H3/b11-9+. The molecule has 0 heterocycles. The van der Waals surface area contributed by atoms with Crippen molar-refractivity contribution in [3.8, 4) is 0 Å². The summed E-state index contributed by atoms with van der Waals surface area (Å²) in [5.41, 5.74) is -0.230. The van der Waals surface area contributed by atoms with Crippen LogP contribution in [0.4, 0.5) is 4.79 Å². The molecule has 0 radical (unpaired) electrons. The lowest BCUT2D eigenvalue weighted by Crippen LogP contribution is -2.29. The Morgan fingerprint density at radius 3 is 2.31 bits per heavy atom. The fraction of sp³-hybridized carbons (Fsp3) is 0.762. The zero-order chi connectivity index (χ0) is 20.2. The maximum Gasteiger partial charge on any atom is 0.409 e. The van der Waals surface area contributed by atoms with E-state index < -0.39 is 0 Å². The third-order valence-corrected chi connectivity index (χ3v) is 4.98. The average Bonchev–Trinajstić information content (AvgIpc) is 2.56. The highest BCUT2D eigenvalue weighted by Gasteiger charge is 2.22. The summed E-state index contributed by atoms with van der Waals surface area (Å²) >= 11 is 0. The maximum atomic E-state index is 11.8. The van der Waals surface area contributed by atoms with Crippen LogP contribution in [0.1, 0.15) is 73.1 Å². The van der Waals surface area contributed by atoms with Gasteiger partial charge in [0.15, 0.2) is 0 Å². The smallest absolute Gasteiger partial charge is 0.409 e. The molecule has 0 saturated carbocycles. The van der Waals surface area contributed by atoms with E-state index >= 15 is 0 Å². The third kappa shape index (κ3) is 11.1. The molecule has 0 aliphatic heterocycles. The summed E-state index contributed by atoms with van der Waals surface area (Å²) in [6, 6.07) is 0. The van der Waals surface area contributed by atoms with Gasteiger partial charge in [0.2, 0.25) is 0 Å². The second-order valence-corrected chi connectivity index (χ2v) is 7.81. The first-order valence-electron chi connectivity index (χ1n) is 9.62. The van der Waals surface area contributed by atoms with E-state index in [2.05, 4.69) is 0 Å². The first kappa shape index (κ1) is 24.4. The van der Waals surface area contributed by atoms with Crippen molar-refractivity contribution in [2.75, 3.05) is 20.2 Å². The van der Waals surface area contributed by atoms with Crippen LogP contribution in [0.15, 0.2) is 12.2 Å². The van der Waals surface area contributed by atoms with E-state index in [0.717, 1.165) is 38.5 Å². The molecule has 0 rings (SSSR count). The molecule has 0 aliphatic rings. The van der Waals surface area contributed by atoms with Crippen molar-refractivity contribution < 1.29 is 19.1 Å². The van der Waals surface area contributed by atoms with Crippen molar-refractivity contribution in [3.05, 3.63) is 12.2 Å². The lowest BCUT2D eigenvalue weighted by atomic mass is 9.83. The van der Waals surface area contributed by atoms with E-state index in [0.29, 0.717) is 6.54 Å². The van der Waals surface area contributed by atoms with Gasteiger partial charge in [-0.15, -0.1) is 0 Å². The Kier molecular flexibility index (Phi) is 11.9. The number of rotatable bonds is 13. The number of unbranched alkanes of at least 4 members (excludes halogenated alkanes) is 2. The van der Waals surface area contributed by atoms with Crippen LogP contribution in [-0.2, 0) is 14.3 Å². The minimum atomic E-state index is -0.340. The molecule has 0 N–H and O–H groups in total. The second kappa shape index (κ2) is 12.7. The van der Waals surface area contributed by atoms with Crippen molar-refractivity contribution in [1.29, 1.82) is 0 Å². The lowest BCUT2D eigenvalue weighted by molar-refractivity contribution is -0.125. The van der Waals surface area contributed by atoms with Crippen LogP contribution in [-0.4, -0.2) is 42.8 Å². The van der Waals surface area contributed by atoms with E-state index in [4.69, 9.17) is 4.74 Å². The topological polar surface area (TPSA) is 63.7 Å². The molecule has 1 unspecified atom stereocenters. The van der Waals surface area contributed by atoms with Gasteiger partial charge in [-0.1, -0.05) is 39.3 Å². The number of Topliss-reactive ketones (excluding diaryl/α,β-unsaturated/α-hetero) is 2. The minimum absolute atomic E-state index is 0.0448. The van der Waals surface area contributed by atoms with E-state index in [-0.39, 0.29) is 35.6 Å². The van der Waals surface area contributed by atoms with E-state index in [1.807, 2.05) is 32.9 Å². The minimum Gasteiger partial charge on any atom is -0.445 e. The highest BCUT2D eigenvalue weighted by atomic mass is 16.6. The van der Waals surface area contributed by atoms with Crippen LogP contribution >= 0.6 is 0 Å². The van der Waals surface area contributed by atoms with Crippen molar-refractivity contribution in [2.24, 2.45) is 11.3 Å². The molecule has 0 spiro atoms. The number of allylic oxidation sites excluding steroid dienone is 1. The lowest BCUT2D eigenvalue weighted by Gasteiger charge is -2.20. The van der Waals surface area contributed by atoms with Crippen LogP contribution in [0.2, 0.25) is 0 Å². The molecule has 5 heteroatoms. The molecule has 1 atom stereocenters. The average molecular weight is 368 g/mol. The van der Waals surface area contributed by atoms with Crippen molar-refractivity contribution in [1.82, 2.24) is 4.90 Å². The molecule has 0 fully saturated rings. The Morgan fingerprint density at radius 2 is 1.73 bits per heavy atom. The highest BCUT2D eigenvalue weighted by molar-refractivity contribution is 5.81. The summed E-state index contributed by atoms with van der Waals surface area (Å²) in [4.78, 5) is 36.0. The summed E-state index contributed by atoms with van der Waals surface area (Å²) < 4.78 is 5.19. The first-order chi connectivity index (χ1) is 12.1. The number of carbonyl (C=O) groups excluding carboxylic acids is 3. The number of nitrogens with zero attached hydrogens (tertiary/aromatic N) is 1. The molecule has 0 aromatic rings. The fourth-order valence-corrected chi connectivity index (χ4v) is 2.35. The van der Waals surface area contributed by atoms with Gasteiger partial charge in [0.05, 0.1) is 0 Å². The van der Waals surface area contributed by atoms with Crippen molar-refractivity contribution >= 4 is 17.7 Å². The Hall–Kier alpha value is -1.65. The molecule has 150 valence electrons. The summed E-state index contributed by atoms with van der Waals surface area (Å²) in [6.45, 7) is 9.99. The predicted octanol–water partition coefficient (Wildman–Crippen LogP) is 4.79. The number of amides is 1. The predicted molar refractivity (Wildman–Crippen MR) is 105 cm³/mol. The number of hydrogen-bond donors (Lipinski definition) is 0. The van der Waals surface area contributed by atoms with Crippen LogP contribution < -0.4 is 0 Å². The summed E-state index contributed by atoms with van der Waals surface area (Å²) in [5, 5.41) is 0. The quantitative estimate of drug-likeness (QED) is 0.347. The highest BCUT2D eigenvalue weighted by Crippen LogP contribution is 2.24. The molecule has 26 heavy (non-hydrogen) atoms. The largest absolute Gasteiger partial charge is 0.445 e. The SMILES string of the molecule is CC(=O)C(C)CCCN(C)C(=O)OC/C=C/CCCCC(C)(C)C(C)=O. The molecule has 5 nitrogen and oxygen atoms in total. The molecular formula is C21H37NO4. The normalized spacial score (nSPS) is 12.8. The third-order valence-electron chi connectivity index (χ3n) is 4.98. The number of ether oxygens (including phenoxy) is 1. The Balaban J connectivity index is 3.78. The number of ketones is 2. The Bertz CT molecular complexity index is 482. The molecule has 0 aromatic carbocycles. The Labute approximate surface area is 159 Å². The summed E-state index contributed by atoms with van der Waals surface area (Å²) in [7, 11) is 1.71. The van der Waals surface area contributed by atoms with E-state index in [9.17, 15) is 14.4 Å². The number of hydrogen-bond acceptors (Lipinski definition) is 4. The summed E-state index contributed by atoms with van der Waals surface area (Å²) in [6.07, 6.45) is 8.97. The molecule has 0 aromatic heterocycles. The zero-order valence-corrected chi connectivity index (χ0v) is 17.5. The molecule has 0 aliphatic carbocycles. The maximum absolute atomic E-state index is 11.8. The molecule has 1 amide bonds. The van der Waals surface area contributed by atoms with Gasteiger partial charge in [0.25, 0.3) is 0 Å². The van der Waals surface area contributed by atoms with Crippen molar-refractivity contribution in [3.63, 3.8) is 0 Å². The van der Waals surface area contributed by atoms with E-state index in [1.54, 1.807) is 25.8 Å². The van der Waals surface area contributed by atoms with Crippen molar-refractivity contribution in [2.45, 2.75) is 73.1 Å². The van der Waals surface area contributed by atoms with Gasteiger partial charge in [-0.25, -0.2) is 4.79 Å². The summed E-state index contributed by atoms with van der Waals surface area (Å²) in [5.74, 6) is 0.466. The first-order valence-corrected chi connectivity index (χ1v) is 9.62. The van der Waals surface area contributed by atoms with Crippen LogP contribution in [0.25, 0.3) is 0 Å². The number of carbonyl (C=O) groups is 3. The Morgan fingerprint density at radius 1 is 1.08 bits per heavy atom. The second-order valence-electron chi connectivity index (χ2n) is 7.81. The van der Waals surface area contributed by atoms with Gasteiger partial charge < -0.3 is 9.64 Å². The van der Waals surface area contributed by atoms with Gasteiger partial charge in [-0.05, 0) is 46.0 Å². The molecular weight excluding hydrogens is 330 g/mol. The molecule has 0 saturated heterocycles. The molecule has 0 bridgehead atoms. The van der Waals surface area contributed by atoms with Gasteiger partial charge in [-0.2, -0.15) is 0 Å². The van der Waals surface area contributed by atoms with E-state index in [1.165, 1.54) is 0 Å². The van der Waals surface area contributed by atoms with Gasteiger partial charge in [0.1, 0.15) is 18.2 Å². The monoisotopic (exact) mass is 367 g/mol. The van der Waals surface area contributed by atoms with Gasteiger partial charge in [-0.3, -0.25) is 9.59 Å². The van der Waals surface area contributed by atoms with Crippen LogP contribution in [0.3, 0.4) is 0 Å². The fourth-order valence-electron chi connectivity index (χ4n) is 2.35. The van der Waals surface area contributed by atoms with Gasteiger partial charge in [0, 0.05) is 24.9 Å². The van der Waals surface area contributed by atoms with Crippen LogP contribution in [0.5, 0.6) is 0 Å². The zero-order valence-electron chi connectivity index (χ0n) is 17.5. The van der Waals surface area contributed by atoms with Gasteiger partial charge >= 0.3 is 6.09 Å².